The van der Waals surface area contributed by atoms with E-state index in [4.69, 9.17) is 23.2 Å². The summed E-state index contributed by atoms with van der Waals surface area (Å²) in [6.45, 7) is 2.01. The Hall–Kier alpha value is -0.790. The molecule has 0 aliphatic heterocycles. The highest BCUT2D eigenvalue weighted by molar-refractivity contribution is 6.50. The maximum atomic E-state index is 10.8. The van der Waals surface area contributed by atoms with E-state index in [0.29, 0.717) is 22.0 Å². The number of aldehydes is 1. The highest BCUT2D eigenvalue weighted by Crippen LogP contribution is 2.25. The van der Waals surface area contributed by atoms with Gasteiger partial charge in [-0.1, -0.05) is 48.7 Å². The van der Waals surface area contributed by atoms with Gasteiger partial charge in [0, 0.05) is 10.6 Å². The minimum atomic E-state index is 0.517. The smallest absolute Gasteiger partial charge is 0.147 e. The quantitative estimate of drug-likeness (QED) is 0.569. The Bertz CT molecular complexity index is 366. The number of hydrogen-bond donors (Lipinski definition) is 0. The molecule has 1 rings (SSSR count). The Balaban J connectivity index is 3.04. The molecule has 0 saturated heterocycles. The van der Waals surface area contributed by atoms with Crippen molar-refractivity contribution in [2.75, 3.05) is 0 Å². The van der Waals surface area contributed by atoms with Gasteiger partial charge in [0.2, 0.25) is 0 Å². The van der Waals surface area contributed by atoms with Crippen molar-refractivity contribution in [2.24, 2.45) is 0 Å². The fraction of sp³-hybridized carbons (Fsp3) is 0.250. The van der Waals surface area contributed by atoms with Gasteiger partial charge in [-0.25, -0.2) is 0 Å². The Morgan fingerprint density at radius 3 is 2.40 bits per heavy atom. The van der Waals surface area contributed by atoms with Crippen LogP contribution in [0.3, 0.4) is 0 Å². The van der Waals surface area contributed by atoms with Gasteiger partial charge in [0.25, 0.3) is 0 Å². The van der Waals surface area contributed by atoms with E-state index >= 15 is 0 Å². The first-order valence-corrected chi connectivity index (χ1v) is 5.54. The number of halogens is 2. The minimum Gasteiger partial charge on any atom is -0.298 e. The van der Waals surface area contributed by atoms with Crippen molar-refractivity contribution in [1.29, 1.82) is 0 Å². The second-order valence-electron chi connectivity index (χ2n) is 3.21. The Morgan fingerprint density at radius 2 is 1.93 bits per heavy atom. The molecule has 0 spiro atoms. The number of carbonyl (C=O) groups is 1. The number of allylic oxidation sites excluding steroid dienone is 1. The van der Waals surface area contributed by atoms with E-state index in [9.17, 15) is 4.79 Å². The molecular weight excluding hydrogens is 231 g/mol. The molecule has 0 bridgehead atoms. The third-order valence-corrected chi connectivity index (χ3v) is 2.75. The van der Waals surface area contributed by atoms with Crippen LogP contribution in [0.15, 0.2) is 29.8 Å². The van der Waals surface area contributed by atoms with Crippen LogP contribution in [0.2, 0.25) is 5.02 Å². The summed E-state index contributed by atoms with van der Waals surface area (Å²) < 4.78 is 0. The molecule has 0 heterocycles. The minimum absolute atomic E-state index is 0.517. The molecule has 0 amide bonds. The van der Waals surface area contributed by atoms with Gasteiger partial charge in [0.05, 0.1) is 5.03 Å². The predicted molar refractivity (Wildman–Crippen MR) is 65.2 cm³/mol. The summed E-state index contributed by atoms with van der Waals surface area (Å²) in [4.78, 5) is 10.8. The zero-order chi connectivity index (χ0) is 11.3. The molecule has 0 radical (unpaired) electrons. The van der Waals surface area contributed by atoms with Crippen molar-refractivity contribution in [1.82, 2.24) is 0 Å². The highest BCUT2D eigenvalue weighted by Gasteiger charge is 2.05. The third kappa shape index (κ3) is 3.37. The Kier molecular flexibility index (Phi) is 4.86. The van der Waals surface area contributed by atoms with E-state index in [1.54, 1.807) is 12.1 Å². The maximum absolute atomic E-state index is 10.8. The number of carbonyl (C=O) groups excluding carboxylic acids is 1. The predicted octanol–water partition coefficient (Wildman–Crippen LogP) is 4.29. The molecule has 0 aromatic heterocycles. The third-order valence-electron chi connectivity index (χ3n) is 2.04. The first kappa shape index (κ1) is 12.3. The average molecular weight is 243 g/mol. The van der Waals surface area contributed by atoms with Crippen molar-refractivity contribution >= 4 is 34.5 Å². The first-order chi connectivity index (χ1) is 7.19. The van der Waals surface area contributed by atoms with Gasteiger partial charge in [-0.05, 0) is 24.1 Å². The van der Waals surface area contributed by atoms with Crippen LogP contribution >= 0.6 is 23.2 Å². The van der Waals surface area contributed by atoms with Crippen LogP contribution in [-0.2, 0) is 4.79 Å². The SMILES string of the molecule is CCC/C(C=O)=C(/Cl)c1ccc(Cl)cc1. The molecular formula is C12H12Cl2O. The largest absolute Gasteiger partial charge is 0.298 e. The van der Waals surface area contributed by atoms with Crippen molar-refractivity contribution in [3.63, 3.8) is 0 Å². The van der Waals surface area contributed by atoms with Crippen molar-refractivity contribution in [3.8, 4) is 0 Å². The van der Waals surface area contributed by atoms with Gasteiger partial charge < -0.3 is 0 Å². The zero-order valence-corrected chi connectivity index (χ0v) is 9.98. The van der Waals surface area contributed by atoms with Gasteiger partial charge in [-0.15, -0.1) is 0 Å². The van der Waals surface area contributed by atoms with E-state index in [-0.39, 0.29) is 0 Å². The van der Waals surface area contributed by atoms with E-state index in [1.807, 2.05) is 19.1 Å². The van der Waals surface area contributed by atoms with Crippen molar-refractivity contribution in [3.05, 3.63) is 40.4 Å². The molecule has 0 fully saturated rings. The van der Waals surface area contributed by atoms with Crippen LogP contribution in [-0.4, -0.2) is 6.29 Å². The molecule has 3 heteroatoms. The molecule has 0 unspecified atom stereocenters. The lowest BCUT2D eigenvalue weighted by molar-refractivity contribution is -0.105. The van der Waals surface area contributed by atoms with E-state index in [1.165, 1.54) is 0 Å². The van der Waals surface area contributed by atoms with E-state index < -0.39 is 0 Å². The molecule has 0 aliphatic rings. The fourth-order valence-corrected chi connectivity index (χ4v) is 1.66. The van der Waals surface area contributed by atoms with Crippen LogP contribution in [0.25, 0.3) is 5.03 Å². The van der Waals surface area contributed by atoms with Crippen molar-refractivity contribution in [2.45, 2.75) is 19.8 Å². The second-order valence-corrected chi connectivity index (χ2v) is 4.03. The van der Waals surface area contributed by atoms with Gasteiger partial charge in [0.1, 0.15) is 6.29 Å². The lowest BCUT2D eigenvalue weighted by atomic mass is 10.1. The monoisotopic (exact) mass is 242 g/mol. The first-order valence-electron chi connectivity index (χ1n) is 4.78. The summed E-state index contributed by atoms with van der Waals surface area (Å²) in [5.74, 6) is 0. The number of hydrogen-bond acceptors (Lipinski definition) is 1. The summed E-state index contributed by atoms with van der Waals surface area (Å²) in [5.41, 5.74) is 1.47. The summed E-state index contributed by atoms with van der Waals surface area (Å²) in [7, 11) is 0. The average Bonchev–Trinajstić information content (AvgIpc) is 2.26. The van der Waals surface area contributed by atoms with E-state index in [2.05, 4.69) is 0 Å². The second kappa shape index (κ2) is 5.94. The van der Waals surface area contributed by atoms with Crippen molar-refractivity contribution < 1.29 is 4.79 Å². The summed E-state index contributed by atoms with van der Waals surface area (Å²) in [5, 5.41) is 1.18. The molecule has 1 aromatic carbocycles. The molecule has 15 heavy (non-hydrogen) atoms. The highest BCUT2D eigenvalue weighted by atomic mass is 35.5. The van der Waals surface area contributed by atoms with Gasteiger partial charge in [-0.2, -0.15) is 0 Å². The normalized spacial score (nSPS) is 12.2. The Labute approximate surface area is 99.7 Å². The van der Waals surface area contributed by atoms with E-state index in [0.717, 1.165) is 18.3 Å². The maximum Gasteiger partial charge on any atom is 0.147 e. The molecule has 80 valence electrons. The summed E-state index contributed by atoms with van der Waals surface area (Å²) >= 11 is 11.9. The van der Waals surface area contributed by atoms with Crippen LogP contribution in [0, 0.1) is 0 Å². The van der Waals surface area contributed by atoms with Gasteiger partial charge in [-0.3, -0.25) is 4.79 Å². The van der Waals surface area contributed by atoms with Crippen LogP contribution in [0.4, 0.5) is 0 Å². The fourth-order valence-electron chi connectivity index (χ4n) is 1.27. The van der Waals surface area contributed by atoms with Gasteiger partial charge in [0.15, 0.2) is 0 Å². The molecule has 0 aliphatic carbocycles. The molecule has 1 aromatic rings. The Morgan fingerprint density at radius 1 is 1.33 bits per heavy atom. The standard InChI is InChI=1S/C12H12Cl2O/c1-2-3-10(8-15)12(14)9-4-6-11(13)7-5-9/h4-8H,2-3H2,1H3/b12-10-. The van der Waals surface area contributed by atoms with Crippen LogP contribution in [0.1, 0.15) is 25.3 Å². The van der Waals surface area contributed by atoms with Crippen LogP contribution in [0.5, 0.6) is 0 Å². The molecule has 0 saturated carbocycles. The summed E-state index contributed by atoms with van der Waals surface area (Å²) in [6.07, 6.45) is 2.42. The molecule has 0 atom stereocenters. The lowest BCUT2D eigenvalue weighted by Gasteiger charge is -2.03. The topological polar surface area (TPSA) is 17.1 Å². The lowest BCUT2D eigenvalue weighted by Crippen LogP contribution is -1.89. The number of rotatable bonds is 4. The number of benzene rings is 1. The molecule has 1 nitrogen and oxygen atoms in total. The molecule has 0 N–H and O–H groups in total. The summed E-state index contributed by atoms with van der Waals surface area (Å²) in [6, 6.07) is 7.13. The van der Waals surface area contributed by atoms with Crippen LogP contribution < -0.4 is 0 Å². The zero-order valence-electron chi connectivity index (χ0n) is 8.47. The van der Waals surface area contributed by atoms with Gasteiger partial charge >= 0.3 is 0 Å².